The molecule has 1 heterocycles. The van der Waals surface area contributed by atoms with E-state index < -0.39 is 17.4 Å². The number of nitrogens with zero attached hydrogens (tertiary/aromatic N) is 1. The first kappa shape index (κ1) is 24.4. The van der Waals surface area contributed by atoms with Crippen LogP contribution in [0, 0.1) is 12.8 Å². The summed E-state index contributed by atoms with van der Waals surface area (Å²) in [5, 5.41) is 10.9. The Labute approximate surface area is 195 Å². The van der Waals surface area contributed by atoms with Crippen LogP contribution in [0.15, 0.2) is 42.5 Å². The molecule has 0 bridgehead atoms. The van der Waals surface area contributed by atoms with E-state index in [0.29, 0.717) is 34.5 Å². The molecule has 0 saturated carbocycles. The lowest BCUT2D eigenvalue weighted by atomic mass is 9.74. The number of benzene rings is 2. The number of carbonyl (C=O) groups is 2. The van der Waals surface area contributed by atoms with Gasteiger partial charge in [0, 0.05) is 23.1 Å². The fourth-order valence-corrected chi connectivity index (χ4v) is 4.47. The van der Waals surface area contributed by atoms with E-state index in [1.807, 2.05) is 25.1 Å². The number of hydrogen-bond acceptors (Lipinski definition) is 5. The maximum absolute atomic E-state index is 13.5. The zero-order valence-electron chi connectivity index (χ0n) is 20.3. The van der Waals surface area contributed by atoms with Crippen molar-refractivity contribution in [1.82, 2.24) is 4.57 Å². The van der Waals surface area contributed by atoms with Crippen LogP contribution in [-0.2, 0) is 26.2 Å². The molecular weight excluding hydrogens is 418 g/mol. The molecule has 176 valence electrons. The molecule has 6 heteroatoms. The average molecular weight is 452 g/mol. The van der Waals surface area contributed by atoms with Gasteiger partial charge in [0.1, 0.15) is 11.2 Å². The van der Waals surface area contributed by atoms with Gasteiger partial charge in [0.15, 0.2) is 0 Å². The number of ether oxygens (including phenoxy) is 2. The molecular formula is C27H33NO5. The van der Waals surface area contributed by atoms with Gasteiger partial charge in [-0.3, -0.25) is 4.79 Å². The summed E-state index contributed by atoms with van der Waals surface area (Å²) in [5.74, 6) is -0.473. The molecule has 1 N–H and O–H groups in total. The SMILES string of the molecule is CCOC(=O)c1c(C)n(CC(C)C)c2cccc(C(C)(C(=O)OCC)c3cccc(O)c3)c12. The van der Waals surface area contributed by atoms with E-state index in [4.69, 9.17) is 9.47 Å². The van der Waals surface area contributed by atoms with Crippen LogP contribution < -0.4 is 0 Å². The molecule has 3 aromatic rings. The highest BCUT2D eigenvalue weighted by atomic mass is 16.5. The standard InChI is InChI=1S/C27H33NO5/c1-7-32-25(30)23-18(5)28(16-17(3)4)22-14-10-13-21(24(22)23)27(6,26(31)33-8-2)19-11-9-12-20(29)15-19/h9-15,17,29H,7-8,16H2,1-6H3. The molecule has 1 atom stereocenters. The molecule has 1 unspecified atom stereocenters. The molecule has 33 heavy (non-hydrogen) atoms. The third kappa shape index (κ3) is 4.34. The number of hydrogen-bond donors (Lipinski definition) is 1. The van der Waals surface area contributed by atoms with Crippen molar-refractivity contribution < 1.29 is 24.2 Å². The van der Waals surface area contributed by atoms with E-state index in [1.165, 1.54) is 0 Å². The van der Waals surface area contributed by atoms with Crippen LogP contribution in [0.4, 0.5) is 0 Å². The number of fused-ring (bicyclic) bond motifs is 1. The molecule has 0 spiro atoms. The summed E-state index contributed by atoms with van der Waals surface area (Å²) in [7, 11) is 0. The van der Waals surface area contributed by atoms with Crippen LogP contribution in [-0.4, -0.2) is 34.8 Å². The Kier molecular flexibility index (Phi) is 7.15. The maximum atomic E-state index is 13.5. The lowest BCUT2D eigenvalue weighted by Crippen LogP contribution is -2.36. The van der Waals surface area contributed by atoms with Gasteiger partial charge in [-0.15, -0.1) is 0 Å². The summed E-state index contributed by atoms with van der Waals surface area (Å²) in [6.07, 6.45) is 0. The molecule has 0 radical (unpaired) electrons. The number of aromatic hydroxyl groups is 1. The monoisotopic (exact) mass is 451 g/mol. The smallest absolute Gasteiger partial charge is 0.340 e. The Morgan fingerprint density at radius 3 is 2.33 bits per heavy atom. The summed E-state index contributed by atoms with van der Waals surface area (Å²) in [5.41, 5.74) is 2.07. The van der Waals surface area contributed by atoms with Gasteiger partial charge in [0.2, 0.25) is 0 Å². The van der Waals surface area contributed by atoms with Crippen molar-refractivity contribution in [1.29, 1.82) is 0 Å². The Balaban J connectivity index is 2.45. The first-order valence-electron chi connectivity index (χ1n) is 11.4. The molecule has 1 aromatic heterocycles. The van der Waals surface area contributed by atoms with Gasteiger partial charge in [-0.1, -0.05) is 38.1 Å². The highest BCUT2D eigenvalue weighted by molar-refractivity contribution is 6.09. The summed E-state index contributed by atoms with van der Waals surface area (Å²) < 4.78 is 13.1. The zero-order valence-corrected chi connectivity index (χ0v) is 20.3. The molecule has 0 aliphatic carbocycles. The molecule has 0 amide bonds. The summed E-state index contributed by atoms with van der Waals surface area (Å²) in [4.78, 5) is 26.6. The summed E-state index contributed by atoms with van der Waals surface area (Å²) in [6, 6.07) is 12.3. The van der Waals surface area contributed by atoms with Gasteiger partial charge in [-0.2, -0.15) is 0 Å². The highest BCUT2D eigenvalue weighted by Crippen LogP contribution is 2.41. The summed E-state index contributed by atoms with van der Waals surface area (Å²) >= 11 is 0. The first-order valence-corrected chi connectivity index (χ1v) is 11.4. The number of esters is 2. The average Bonchev–Trinajstić information content (AvgIpc) is 3.04. The van der Waals surface area contributed by atoms with Gasteiger partial charge < -0.3 is 19.1 Å². The maximum Gasteiger partial charge on any atom is 0.340 e. The molecule has 0 aliphatic heterocycles. The number of phenolic OH excluding ortho intramolecular Hbond substituents is 1. The molecule has 3 rings (SSSR count). The number of aromatic nitrogens is 1. The van der Waals surface area contributed by atoms with Gasteiger partial charge in [0.25, 0.3) is 0 Å². The van der Waals surface area contributed by atoms with Crippen LogP contribution in [0.3, 0.4) is 0 Å². The molecule has 2 aromatic carbocycles. The van der Waals surface area contributed by atoms with Crippen molar-refractivity contribution in [3.05, 3.63) is 64.8 Å². The van der Waals surface area contributed by atoms with Gasteiger partial charge >= 0.3 is 11.9 Å². The van der Waals surface area contributed by atoms with Crippen molar-refractivity contribution >= 4 is 22.8 Å². The largest absolute Gasteiger partial charge is 0.508 e. The van der Waals surface area contributed by atoms with Crippen molar-refractivity contribution in [2.24, 2.45) is 5.92 Å². The summed E-state index contributed by atoms with van der Waals surface area (Å²) in [6.45, 7) is 12.6. The van der Waals surface area contributed by atoms with Gasteiger partial charge in [0.05, 0.1) is 18.8 Å². The van der Waals surface area contributed by atoms with E-state index in [9.17, 15) is 14.7 Å². The Bertz CT molecular complexity index is 1180. The fourth-order valence-electron chi connectivity index (χ4n) is 4.47. The van der Waals surface area contributed by atoms with Crippen LogP contribution in [0.1, 0.15) is 61.8 Å². The minimum Gasteiger partial charge on any atom is -0.508 e. The lowest BCUT2D eigenvalue weighted by Gasteiger charge is -2.29. The Morgan fingerprint density at radius 2 is 1.73 bits per heavy atom. The molecule has 0 fully saturated rings. The topological polar surface area (TPSA) is 77.8 Å². The van der Waals surface area contributed by atoms with Crippen molar-refractivity contribution in [3.63, 3.8) is 0 Å². The van der Waals surface area contributed by atoms with Crippen LogP contribution >= 0.6 is 0 Å². The lowest BCUT2D eigenvalue weighted by molar-refractivity contribution is -0.147. The van der Waals surface area contributed by atoms with Crippen LogP contribution in [0.2, 0.25) is 0 Å². The van der Waals surface area contributed by atoms with Crippen molar-refractivity contribution in [2.45, 2.75) is 53.5 Å². The van der Waals surface area contributed by atoms with Gasteiger partial charge in [-0.05, 0) is 62.9 Å². The second-order valence-corrected chi connectivity index (χ2v) is 8.78. The molecule has 6 nitrogen and oxygen atoms in total. The predicted molar refractivity (Wildman–Crippen MR) is 129 cm³/mol. The Hall–Kier alpha value is -3.28. The predicted octanol–water partition coefficient (Wildman–Crippen LogP) is 5.36. The normalized spacial score (nSPS) is 13.2. The van der Waals surface area contributed by atoms with Gasteiger partial charge in [-0.25, -0.2) is 4.79 Å². The second-order valence-electron chi connectivity index (χ2n) is 8.78. The minimum absolute atomic E-state index is 0.0503. The zero-order chi connectivity index (χ0) is 24.3. The highest BCUT2D eigenvalue weighted by Gasteiger charge is 2.42. The van der Waals surface area contributed by atoms with E-state index >= 15 is 0 Å². The number of phenols is 1. The number of carbonyl (C=O) groups excluding carboxylic acids is 2. The van der Waals surface area contributed by atoms with Crippen molar-refractivity contribution in [3.8, 4) is 5.75 Å². The second kappa shape index (κ2) is 9.69. The fraction of sp³-hybridized carbons (Fsp3) is 0.407. The van der Waals surface area contributed by atoms with Crippen LogP contribution in [0.5, 0.6) is 5.75 Å². The third-order valence-electron chi connectivity index (χ3n) is 6.02. The van der Waals surface area contributed by atoms with E-state index in [2.05, 4.69) is 18.4 Å². The quantitative estimate of drug-likeness (QED) is 0.467. The number of rotatable bonds is 8. The molecule has 0 aliphatic rings. The first-order chi connectivity index (χ1) is 15.7. The van der Waals surface area contributed by atoms with Crippen molar-refractivity contribution in [2.75, 3.05) is 13.2 Å². The Morgan fingerprint density at radius 1 is 1.06 bits per heavy atom. The van der Waals surface area contributed by atoms with E-state index in [0.717, 1.165) is 11.2 Å². The molecule has 0 saturated heterocycles. The van der Waals surface area contributed by atoms with E-state index in [-0.39, 0.29) is 19.0 Å². The third-order valence-corrected chi connectivity index (χ3v) is 6.02. The van der Waals surface area contributed by atoms with Crippen LogP contribution in [0.25, 0.3) is 10.9 Å². The van der Waals surface area contributed by atoms with E-state index in [1.54, 1.807) is 45.0 Å². The minimum atomic E-state index is -1.26.